The monoisotopic (exact) mass is 485 g/mol. The van der Waals surface area contributed by atoms with E-state index in [4.69, 9.17) is 14.2 Å². The Bertz CT molecular complexity index is 1080. The minimum Gasteiger partial charge on any atom is -0.497 e. The van der Waals surface area contributed by atoms with Crippen molar-refractivity contribution >= 4 is 17.7 Å². The summed E-state index contributed by atoms with van der Waals surface area (Å²) >= 11 is 0. The Labute approximate surface area is 206 Å². The molecule has 190 valence electrons. The first kappa shape index (κ1) is 23.9. The van der Waals surface area contributed by atoms with Gasteiger partial charge in [-0.3, -0.25) is 9.69 Å². The van der Waals surface area contributed by atoms with E-state index in [9.17, 15) is 14.7 Å². The van der Waals surface area contributed by atoms with Crippen LogP contribution in [0.15, 0.2) is 30.4 Å². The van der Waals surface area contributed by atoms with Gasteiger partial charge in [0.2, 0.25) is 0 Å². The Morgan fingerprint density at radius 1 is 1.26 bits per heavy atom. The molecule has 1 amide bonds. The maximum absolute atomic E-state index is 12.7. The molecule has 0 radical (unpaired) electrons. The number of esters is 1. The van der Waals surface area contributed by atoms with Gasteiger partial charge in [0.15, 0.2) is 0 Å². The first-order valence-electron chi connectivity index (χ1n) is 12.2. The quantitative estimate of drug-likeness (QED) is 0.481. The van der Waals surface area contributed by atoms with Gasteiger partial charge >= 0.3 is 12.1 Å². The van der Waals surface area contributed by atoms with Gasteiger partial charge in [0, 0.05) is 49.1 Å². The smallest absolute Gasteiger partial charge is 0.406 e. The minimum atomic E-state index is -1.61. The zero-order chi connectivity index (χ0) is 25.2. The molecule has 1 spiro atoms. The molecule has 5 rings (SSSR count). The highest BCUT2D eigenvalue weighted by Crippen LogP contribution is 2.67. The Balaban J connectivity index is 1.79. The maximum Gasteiger partial charge on any atom is 0.406 e. The number of amides is 1. The van der Waals surface area contributed by atoms with Crippen molar-refractivity contribution in [1.82, 2.24) is 10.2 Å². The molecule has 9 nitrogen and oxygen atoms in total. The van der Waals surface area contributed by atoms with E-state index in [1.807, 2.05) is 19.2 Å². The van der Waals surface area contributed by atoms with Crippen LogP contribution in [-0.4, -0.2) is 86.8 Å². The van der Waals surface area contributed by atoms with Crippen LogP contribution in [0, 0.1) is 5.41 Å². The molecule has 4 aliphatic rings. The van der Waals surface area contributed by atoms with Crippen molar-refractivity contribution in [2.45, 2.75) is 55.9 Å². The van der Waals surface area contributed by atoms with Crippen LogP contribution >= 0.6 is 0 Å². The van der Waals surface area contributed by atoms with E-state index in [1.54, 1.807) is 7.11 Å². The van der Waals surface area contributed by atoms with E-state index < -0.39 is 40.6 Å². The van der Waals surface area contributed by atoms with Crippen molar-refractivity contribution in [2.75, 3.05) is 45.8 Å². The third-order valence-corrected chi connectivity index (χ3v) is 8.92. The van der Waals surface area contributed by atoms with Gasteiger partial charge in [-0.2, -0.15) is 0 Å². The van der Waals surface area contributed by atoms with Crippen molar-refractivity contribution < 1.29 is 28.9 Å². The fourth-order valence-corrected chi connectivity index (χ4v) is 7.93. The first-order chi connectivity index (χ1) is 16.7. The molecule has 0 aromatic heterocycles. The molecule has 3 aliphatic heterocycles. The van der Waals surface area contributed by atoms with E-state index in [-0.39, 0.29) is 12.6 Å². The van der Waals surface area contributed by atoms with Gasteiger partial charge in [0.25, 0.3) is 0 Å². The number of nitrogens with one attached hydrogen (secondary N) is 1. The van der Waals surface area contributed by atoms with Crippen LogP contribution in [0.3, 0.4) is 0 Å². The highest BCUT2D eigenvalue weighted by atomic mass is 16.6. The van der Waals surface area contributed by atoms with Crippen LogP contribution < -0.4 is 15.0 Å². The summed E-state index contributed by atoms with van der Waals surface area (Å²) in [6.45, 7) is 5.00. The number of hydrogen-bond donors (Lipinski definition) is 2. The standard InChI is InChI=1S/C26H35N3O6/c1-6-24-10-7-12-29-13-11-25(20(24)29)18-9-8-17(33-4)14-19(18)28(3)21(25)26(32,15-27-23(31)34-5)22(24)35-16(2)30/h7-10,14,20-22,32H,6,11-13,15H2,1-5H3,(H,27,31)/t20-,21+,22+,24+,25+,26-/m0/s1. The van der Waals surface area contributed by atoms with E-state index in [2.05, 4.69) is 40.3 Å². The number of alkyl carbamates (subject to hydrolysis) is 1. The molecule has 35 heavy (non-hydrogen) atoms. The highest BCUT2D eigenvalue weighted by Gasteiger charge is 2.77. The zero-order valence-electron chi connectivity index (χ0n) is 21.0. The van der Waals surface area contributed by atoms with Crippen LogP contribution in [0.2, 0.25) is 0 Å². The SMILES string of the molecule is CC[C@]12C=CCN3CC[C@@]4(c5ccc(OC)cc5N(C)[C@H]4[C@@](O)(CNC(=O)OC)[C@@H]1OC(C)=O)[C@@H]32. The lowest BCUT2D eigenvalue weighted by Crippen LogP contribution is -2.81. The lowest BCUT2D eigenvalue weighted by Gasteiger charge is -2.64. The molecular formula is C26H35N3O6. The Kier molecular flexibility index (Phi) is 5.56. The summed E-state index contributed by atoms with van der Waals surface area (Å²) in [4.78, 5) is 29.2. The number of anilines is 1. The number of aliphatic hydroxyl groups is 1. The van der Waals surface area contributed by atoms with Crippen molar-refractivity contribution in [3.8, 4) is 5.75 Å². The predicted octanol–water partition coefficient (Wildman–Crippen LogP) is 1.82. The van der Waals surface area contributed by atoms with E-state index in [1.165, 1.54) is 14.0 Å². The number of ether oxygens (including phenoxy) is 3. The highest BCUT2D eigenvalue weighted by molar-refractivity contribution is 5.72. The van der Waals surface area contributed by atoms with Crippen LogP contribution in [0.1, 0.15) is 32.3 Å². The summed E-state index contributed by atoms with van der Waals surface area (Å²) in [7, 11) is 4.89. The molecule has 0 bridgehead atoms. The Morgan fingerprint density at radius 3 is 2.69 bits per heavy atom. The largest absolute Gasteiger partial charge is 0.497 e. The summed E-state index contributed by atoms with van der Waals surface area (Å²) in [5.41, 5.74) is -0.558. The lowest BCUT2D eigenvalue weighted by atomic mass is 9.47. The summed E-state index contributed by atoms with van der Waals surface area (Å²) in [6.07, 6.45) is 4.24. The molecule has 1 aromatic carbocycles. The molecule has 3 heterocycles. The molecule has 9 heteroatoms. The number of rotatable bonds is 5. The van der Waals surface area contributed by atoms with Crippen molar-refractivity contribution in [3.05, 3.63) is 35.9 Å². The van der Waals surface area contributed by atoms with E-state index in [0.29, 0.717) is 6.42 Å². The maximum atomic E-state index is 12.7. The van der Waals surface area contributed by atoms with Crippen molar-refractivity contribution in [1.29, 1.82) is 0 Å². The van der Waals surface area contributed by atoms with Crippen molar-refractivity contribution in [3.63, 3.8) is 0 Å². The number of fused-ring (bicyclic) bond motifs is 1. The average Bonchev–Trinajstić information content (AvgIpc) is 3.36. The number of benzene rings is 1. The van der Waals surface area contributed by atoms with Gasteiger partial charge in [-0.1, -0.05) is 25.1 Å². The molecular weight excluding hydrogens is 450 g/mol. The molecule has 1 aliphatic carbocycles. The van der Waals surface area contributed by atoms with Crippen LogP contribution in [0.5, 0.6) is 5.75 Å². The normalized spacial score (nSPS) is 36.7. The Morgan fingerprint density at radius 2 is 2.03 bits per heavy atom. The zero-order valence-corrected chi connectivity index (χ0v) is 21.0. The fourth-order valence-electron chi connectivity index (χ4n) is 7.93. The summed E-state index contributed by atoms with van der Waals surface area (Å²) in [5, 5.41) is 15.5. The number of hydrogen-bond acceptors (Lipinski definition) is 8. The third kappa shape index (κ3) is 3.00. The van der Waals surface area contributed by atoms with Crippen LogP contribution in [0.4, 0.5) is 10.5 Å². The topological polar surface area (TPSA) is 101 Å². The summed E-state index contributed by atoms with van der Waals surface area (Å²) in [5.74, 6) is 0.272. The fraction of sp³-hybridized carbons (Fsp3) is 0.615. The predicted molar refractivity (Wildman–Crippen MR) is 130 cm³/mol. The van der Waals surface area contributed by atoms with Gasteiger partial charge in [0.05, 0.1) is 26.8 Å². The molecule has 2 fully saturated rings. The van der Waals surface area contributed by atoms with E-state index >= 15 is 0 Å². The first-order valence-corrected chi connectivity index (χ1v) is 12.2. The van der Waals surface area contributed by atoms with Gasteiger partial charge < -0.3 is 29.5 Å². The molecule has 1 aromatic rings. The third-order valence-electron chi connectivity index (χ3n) is 8.92. The van der Waals surface area contributed by atoms with Crippen LogP contribution in [-0.2, 0) is 19.7 Å². The summed E-state index contributed by atoms with van der Waals surface area (Å²) < 4.78 is 16.4. The number of nitrogens with zero attached hydrogens (tertiary/aromatic N) is 2. The average molecular weight is 486 g/mol. The van der Waals surface area contributed by atoms with Crippen LogP contribution in [0.25, 0.3) is 0 Å². The second-order valence-electron chi connectivity index (χ2n) is 10.3. The van der Waals surface area contributed by atoms with Gasteiger partial charge in [-0.15, -0.1) is 0 Å². The molecule has 2 N–H and O–H groups in total. The molecule has 6 atom stereocenters. The van der Waals surface area contributed by atoms with Gasteiger partial charge in [-0.25, -0.2) is 4.79 Å². The number of likely N-dealkylation sites (N-methyl/N-ethyl adjacent to an activating group) is 1. The molecule has 0 unspecified atom stereocenters. The number of carbonyl (C=O) groups excluding carboxylic acids is 2. The second-order valence-corrected chi connectivity index (χ2v) is 10.3. The van der Waals surface area contributed by atoms with E-state index in [0.717, 1.165) is 36.5 Å². The Hall–Kier alpha value is -2.78. The second kappa shape index (κ2) is 8.13. The lowest BCUT2D eigenvalue weighted by molar-refractivity contribution is -0.217. The number of methoxy groups -OCH3 is 2. The molecule has 1 saturated carbocycles. The van der Waals surface area contributed by atoms with Gasteiger partial charge in [0.1, 0.15) is 17.5 Å². The van der Waals surface area contributed by atoms with Crippen molar-refractivity contribution in [2.24, 2.45) is 5.41 Å². The minimum absolute atomic E-state index is 0.00912. The summed E-state index contributed by atoms with van der Waals surface area (Å²) in [6, 6.07) is 5.65. The van der Waals surface area contributed by atoms with Gasteiger partial charge in [-0.05, 0) is 31.0 Å². The molecule has 1 saturated heterocycles. The number of carbonyl (C=O) groups is 2.